The molecule has 2 aromatic carbocycles. The van der Waals surface area contributed by atoms with Gasteiger partial charge < -0.3 is 14.8 Å². The number of para-hydroxylation sites is 3. The van der Waals surface area contributed by atoms with Crippen LogP contribution in [0.5, 0.6) is 5.75 Å². The van der Waals surface area contributed by atoms with E-state index >= 15 is 0 Å². The highest BCUT2D eigenvalue weighted by molar-refractivity contribution is 7.19. The average Bonchev–Trinajstić information content (AvgIpc) is 3.11. The second-order valence-corrected chi connectivity index (χ2v) is 6.91. The lowest BCUT2D eigenvalue weighted by Crippen LogP contribution is -2.29. The molecule has 0 aliphatic heterocycles. The molecule has 1 amide bonds. The van der Waals surface area contributed by atoms with Gasteiger partial charge in [0.1, 0.15) is 10.8 Å². The minimum absolute atomic E-state index is 0.436. The number of hydrogen-bond acceptors (Lipinski definition) is 6. The molecule has 1 N–H and O–H groups in total. The Hall–Kier alpha value is -3.19. The molecule has 0 fully saturated rings. The molecule has 1 atom stereocenters. The standard InChI is InChI=1S/C21H20N2O4S/c1-3-26-17-10-6-4-8-15(17)23-21(25)14(2)27-20(24)13-12-19-22-16-9-5-7-11-18(16)28-19/h4-14H,3H2,1-2H3,(H,23,25)/b13-12+/t14-/m0/s1. The third-order valence-electron chi connectivity index (χ3n) is 3.78. The fourth-order valence-corrected chi connectivity index (χ4v) is 3.32. The molecule has 7 heteroatoms. The van der Waals surface area contributed by atoms with Gasteiger partial charge in [0.15, 0.2) is 6.10 Å². The Morgan fingerprint density at radius 3 is 2.71 bits per heavy atom. The summed E-state index contributed by atoms with van der Waals surface area (Å²) < 4.78 is 11.7. The molecule has 1 aromatic heterocycles. The van der Waals surface area contributed by atoms with Gasteiger partial charge in [0.2, 0.25) is 0 Å². The molecule has 0 aliphatic rings. The van der Waals surface area contributed by atoms with Crippen LogP contribution < -0.4 is 10.1 Å². The van der Waals surface area contributed by atoms with Gasteiger partial charge in [0.05, 0.1) is 22.5 Å². The van der Waals surface area contributed by atoms with E-state index in [4.69, 9.17) is 9.47 Å². The fourth-order valence-electron chi connectivity index (χ4n) is 2.45. The number of esters is 1. The maximum Gasteiger partial charge on any atom is 0.331 e. The Morgan fingerprint density at radius 1 is 1.18 bits per heavy atom. The smallest absolute Gasteiger partial charge is 0.331 e. The maximum atomic E-state index is 12.3. The second kappa shape index (κ2) is 9.14. The van der Waals surface area contributed by atoms with Gasteiger partial charge in [-0.2, -0.15) is 0 Å². The summed E-state index contributed by atoms with van der Waals surface area (Å²) in [5, 5.41) is 3.41. The number of benzene rings is 2. The molecule has 3 rings (SSSR count). The molecule has 0 unspecified atom stereocenters. The van der Waals surface area contributed by atoms with Crippen LogP contribution in [0.1, 0.15) is 18.9 Å². The van der Waals surface area contributed by atoms with Crippen LogP contribution in [0.15, 0.2) is 54.6 Å². The summed E-state index contributed by atoms with van der Waals surface area (Å²) in [6.45, 7) is 3.86. The van der Waals surface area contributed by atoms with Crippen molar-refractivity contribution in [1.29, 1.82) is 0 Å². The topological polar surface area (TPSA) is 77.5 Å². The van der Waals surface area contributed by atoms with Crippen molar-refractivity contribution in [2.24, 2.45) is 0 Å². The van der Waals surface area contributed by atoms with Gasteiger partial charge in [-0.15, -0.1) is 11.3 Å². The van der Waals surface area contributed by atoms with E-state index in [-0.39, 0.29) is 0 Å². The lowest BCUT2D eigenvalue weighted by Gasteiger charge is -2.14. The Labute approximate surface area is 166 Å². The zero-order chi connectivity index (χ0) is 19.9. The number of carbonyl (C=O) groups excluding carboxylic acids is 2. The summed E-state index contributed by atoms with van der Waals surface area (Å²) in [6.07, 6.45) is 1.90. The Bertz CT molecular complexity index is 979. The first-order chi connectivity index (χ1) is 13.6. The van der Waals surface area contributed by atoms with Crippen molar-refractivity contribution in [3.8, 4) is 5.75 Å². The van der Waals surface area contributed by atoms with E-state index in [0.717, 1.165) is 10.2 Å². The number of nitrogens with zero attached hydrogens (tertiary/aromatic N) is 1. The summed E-state index contributed by atoms with van der Waals surface area (Å²) in [5.41, 5.74) is 1.41. The van der Waals surface area contributed by atoms with Gasteiger partial charge in [0.25, 0.3) is 5.91 Å². The van der Waals surface area contributed by atoms with Gasteiger partial charge in [-0.05, 0) is 44.2 Å². The van der Waals surface area contributed by atoms with Crippen LogP contribution in [-0.4, -0.2) is 29.6 Å². The first kappa shape index (κ1) is 19.6. The third-order valence-corrected chi connectivity index (χ3v) is 4.78. The normalized spacial score (nSPS) is 12.1. The molecule has 0 saturated carbocycles. The molecule has 28 heavy (non-hydrogen) atoms. The van der Waals surface area contributed by atoms with Crippen molar-refractivity contribution < 1.29 is 19.1 Å². The first-order valence-electron chi connectivity index (χ1n) is 8.83. The van der Waals surface area contributed by atoms with E-state index in [2.05, 4.69) is 10.3 Å². The summed E-state index contributed by atoms with van der Waals surface area (Å²) in [5.74, 6) is -0.485. The molecule has 0 saturated heterocycles. The van der Waals surface area contributed by atoms with Crippen molar-refractivity contribution in [1.82, 2.24) is 4.98 Å². The Kier molecular flexibility index (Phi) is 6.39. The van der Waals surface area contributed by atoms with Crippen LogP contribution in [0.2, 0.25) is 0 Å². The van der Waals surface area contributed by atoms with Crippen LogP contribution in [0.25, 0.3) is 16.3 Å². The number of thiazole rings is 1. The highest BCUT2D eigenvalue weighted by Crippen LogP contribution is 2.24. The predicted octanol–water partition coefficient (Wildman–Crippen LogP) is 4.28. The number of hydrogen-bond donors (Lipinski definition) is 1. The number of rotatable bonds is 7. The van der Waals surface area contributed by atoms with Crippen LogP contribution in [-0.2, 0) is 14.3 Å². The van der Waals surface area contributed by atoms with E-state index < -0.39 is 18.0 Å². The van der Waals surface area contributed by atoms with E-state index in [1.54, 1.807) is 24.3 Å². The predicted molar refractivity (Wildman–Crippen MR) is 110 cm³/mol. The monoisotopic (exact) mass is 396 g/mol. The number of carbonyl (C=O) groups is 2. The average molecular weight is 396 g/mol. The van der Waals surface area contributed by atoms with Crippen LogP contribution in [0, 0.1) is 0 Å². The zero-order valence-electron chi connectivity index (χ0n) is 15.5. The quantitative estimate of drug-likeness (QED) is 0.476. The molecule has 1 heterocycles. The lowest BCUT2D eigenvalue weighted by molar-refractivity contribution is -0.148. The zero-order valence-corrected chi connectivity index (χ0v) is 16.4. The first-order valence-corrected chi connectivity index (χ1v) is 9.65. The fraction of sp³-hybridized carbons (Fsp3) is 0.190. The minimum atomic E-state index is -0.956. The van der Waals surface area contributed by atoms with E-state index in [9.17, 15) is 9.59 Å². The summed E-state index contributed by atoms with van der Waals surface area (Å²) in [7, 11) is 0. The van der Waals surface area contributed by atoms with Crippen LogP contribution >= 0.6 is 11.3 Å². The van der Waals surface area contributed by atoms with Gasteiger partial charge in [-0.3, -0.25) is 4.79 Å². The lowest BCUT2D eigenvalue weighted by atomic mass is 10.2. The Balaban J connectivity index is 1.58. The summed E-state index contributed by atoms with van der Waals surface area (Å²) >= 11 is 1.47. The van der Waals surface area contributed by atoms with E-state index in [1.165, 1.54) is 24.3 Å². The van der Waals surface area contributed by atoms with Crippen molar-refractivity contribution in [2.75, 3.05) is 11.9 Å². The van der Waals surface area contributed by atoms with Crippen molar-refractivity contribution in [3.63, 3.8) is 0 Å². The molecule has 0 radical (unpaired) electrons. The van der Waals surface area contributed by atoms with E-state index in [0.29, 0.717) is 23.1 Å². The second-order valence-electron chi connectivity index (χ2n) is 5.85. The molecule has 0 bridgehead atoms. The van der Waals surface area contributed by atoms with Gasteiger partial charge in [-0.25, -0.2) is 9.78 Å². The maximum absolute atomic E-state index is 12.3. The number of amides is 1. The van der Waals surface area contributed by atoms with Crippen molar-refractivity contribution >= 4 is 45.2 Å². The highest BCUT2D eigenvalue weighted by Gasteiger charge is 2.18. The van der Waals surface area contributed by atoms with Crippen LogP contribution in [0.4, 0.5) is 5.69 Å². The summed E-state index contributed by atoms with van der Waals surface area (Å²) in [4.78, 5) is 28.8. The number of fused-ring (bicyclic) bond motifs is 1. The minimum Gasteiger partial charge on any atom is -0.492 e. The molecule has 0 aliphatic carbocycles. The van der Waals surface area contributed by atoms with E-state index in [1.807, 2.05) is 37.3 Å². The molecule has 3 aromatic rings. The molecule has 144 valence electrons. The number of aromatic nitrogens is 1. The molecular formula is C21H20N2O4S. The number of nitrogens with one attached hydrogen (secondary N) is 1. The third kappa shape index (κ3) is 4.95. The van der Waals surface area contributed by atoms with Crippen molar-refractivity contribution in [2.45, 2.75) is 20.0 Å². The molecule has 0 spiro atoms. The molecular weight excluding hydrogens is 376 g/mol. The SMILES string of the molecule is CCOc1ccccc1NC(=O)[C@H](C)OC(=O)/C=C/c1nc2ccccc2s1. The largest absolute Gasteiger partial charge is 0.492 e. The van der Waals surface area contributed by atoms with Gasteiger partial charge in [-0.1, -0.05) is 24.3 Å². The summed E-state index contributed by atoms with van der Waals surface area (Å²) in [6, 6.07) is 14.8. The Morgan fingerprint density at radius 2 is 1.93 bits per heavy atom. The number of ether oxygens (including phenoxy) is 2. The van der Waals surface area contributed by atoms with Gasteiger partial charge in [0, 0.05) is 6.08 Å². The van der Waals surface area contributed by atoms with Crippen molar-refractivity contribution in [3.05, 3.63) is 59.6 Å². The highest BCUT2D eigenvalue weighted by atomic mass is 32.1. The molecule has 6 nitrogen and oxygen atoms in total. The number of anilines is 1. The van der Waals surface area contributed by atoms with Crippen LogP contribution in [0.3, 0.4) is 0 Å². The van der Waals surface area contributed by atoms with Gasteiger partial charge >= 0.3 is 5.97 Å².